The molecule has 10 nitrogen and oxygen atoms in total. The van der Waals surface area contributed by atoms with E-state index in [0.717, 1.165) is 30.3 Å². The first kappa shape index (κ1) is 24.3. The van der Waals surface area contributed by atoms with Gasteiger partial charge in [-0.25, -0.2) is 21.9 Å². The first-order valence-corrected chi connectivity index (χ1v) is 12.6. The van der Waals surface area contributed by atoms with Crippen LogP contribution < -0.4 is 10.3 Å². The van der Waals surface area contributed by atoms with Crippen molar-refractivity contribution in [3.05, 3.63) is 98.1 Å². The van der Waals surface area contributed by atoms with Gasteiger partial charge in [-0.15, -0.1) is 0 Å². The van der Waals surface area contributed by atoms with Gasteiger partial charge in [0.1, 0.15) is 17.3 Å². The highest BCUT2D eigenvalue weighted by molar-refractivity contribution is 7.91. The number of nitro groups is 1. The molecule has 0 unspecified atom stereocenters. The molecule has 1 aliphatic carbocycles. The first-order chi connectivity index (χ1) is 17.6. The summed E-state index contributed by atoms with van der Waals surface area (Å²) < 4.78 is 57.5. The summed E-state index contributed by atoms with van der Waals surface area (Å²) in [5.74, 6) is -2.62. The van der Waals surface area contributed by atoms with E-state index in [0.29, 0.717) is 12.8 Å². The van der Waals surface area contributed by atoms with E-state index in [2.05, 4.69) is 4.98 Å². The number of nitro benzene ring substituents is 1. The fourth-order valence-electron chi connectivity index (χ4n) is 4.22. The summed E-state index contributed by atoms with van der Waals surface area (Å²) in [4.78, 5) is 39.2. The number of non-ortho nitro benzene ring substituents is 1. The lowest BCUT2D eigenvalue weighted by atomic mass is 10.0. The number of carbonyl (C=O) groups excluding carboxylic acids is 1. The van der Waals surface area contributed by atoms with Gasteiger partial charge in [0, 0.05) is 45.9 Å². The maximum absolute atomic E-state index is 14.7. The molecule has 2 heterocycles. The van der Waals surface area contributed by atoms with Crippen LogP contribution in [0.1, 0.15) is 28.9 Å². The monoisotopic (exact) mass is 528 g/mol. The standard InChI is InChI=1S/C24H18F2N4O6S/c25-14-3-8-20-18(11-14)21(17-2-1-9-27-23(17)31)22(24(32)28-37(35,36)16-5-6-16)29(20)12-13-10-15(30(33)34)4-7-19(13)26/h1-4,7-11,16H,5-6,12H2,(H,27,31)(H,28,32). The minimum absolute atomic E-state index is 0.0506. The third kappa shape index (κ3) is 4.48. The maximum atomic E-state index is 14.7. The van der Waals surface area contributed by atoms with Crippen molar-refractivity contribution in [2.75, 3.05) is 0 Å². The van der Waals surface area contributed by atoms with Gasteiger partial charge in [-0.2, -0.15) is 0 Å². The van der Waals surface area contributed by atoms with E-state index < -0.39 is 55.5 Å². The molecule has 190 valence electrons. The van der Waals surface area contributed by atoms with Gasteiger partial charge >= 0.3 is 0 Å². The largest absolute Gasteiger partial charge is 0.331 e. The lowest BCUT2D eigenvalue weighted by Crippen LogP contribution is -2.35. The third-order valence-corrected chi connectivity index (χ3v) is 7.91. The number of hydrogen-bond donors (Lipinski definition) is 2. The lowest BCUT2D eigenvalue weighted by molar-refractivity contribution is -0.385. The van der Waals surface area contributed by atoms with Crippen LogP contribution in [0.3, 0.4) is 0 Å². The van der Waals surface area contributed by atoms with Crippen molar-refractivity contribution in [1.82, 2.24) is 14.3 Å². The summed E-state index contributed by atoms with van der Waals surface area (Å²) in [6, 6.07) is 9.18. The van der Waals surface area contributed by atoms with Crippen LogP contribution in [0.4, 0.5) is 14.5 Å². The van der Waals surface area contributed by atoms with Gasteiger partial charge in [-0.05, 0) is 49.2 Å². The number of halogens is 2. The van der Waals surface area contributed by atoms with E-state index in [1.807, 2.05) is 4.72 Å². The fraction of sp³-hybridized carbons (Fsp3) is 0.167. The number of fused-ring (bicyclic) bond motifs is 1. The smallest absolute Gasteiger partial charge is 0.282 e. The molecule has 2 aromatic heterocycles. The number of aromatic amines is 1. The zero-order valence-corrected chi connectivity index (χ0v) is 19.7. The van der Waals surface area contributed by atoms with E-state index in [-0.39, 0.29) is 33.3 Å². The van der Waals surface area contributed by atoms with Gasteiger partial charge in [0.2, 0.25) is 10.0 Å². The number of nitrogens with zero attached hydrogens (tertiary/aromatic N) is 2. The molecule has 4 aromatic rings. The summed E-state index contributed by atoms with van der Waals surface area (Å²) in [6.45, 7) is -0.452. The van der Waals surface area contributed by atoms with Crippen LogP contribution in [0.25, 0.3) is 22.0 Å². The molecule has 5 rings (SSSR count). The molecule has 0 atom stereocenters. The van der Waals surface area contributed by atoms with Crippen molar-refractivity contribution >= 4 is 32.5 Å². The molecule has 0 saturated heterocycles. The Kier molecular flexibility index (Phi) is 5.86. The molecule has 2 aromatic carbocycles. The minimum Gasteiger partial charge on any atom is -0.331 e. The van der Waals surface area contributed by atoms with Crippen molar-refractivity contribution in [2.45, 2.75) is 24.6 Å². The van der Waals surface area contributed by atoms with Crippen molar-refractivity contribution in [3.8, 4) is 11.1 Å². The zero-order chi connectivity index (χ0) is 26.5. The third-order valence-electron chi connectivity index (χ3n) is 6.09. The molecule has 1 saturated carbocycles. The van der Waals surface area contributed by atoms with Crippen molar-refractivity contribution in [2.24, 2.45) is 0 Å². The van der Waals surface area contributed by atoms with Crippen LogP contribution in [-0.4, -0.2) is 34.0 Å². The molecule has 0 radical (unpaired) electrons. The van der Waals surface area contributed by atoms with Gasteiger partial charge in [-0.3, -0.25) is 19.7 Å². The minimum atomic E-state index is -4.04. The predicted molar refractivity (Wildman–Crippen MR) is 130 cm³/mol. The van der Waals surface area contributed by atoms with E-state index in [9.17, 15) is 36.9 Å². The SMILES string of the molecule is O=C(NS(=O)(=O)C1CC1)c1c(-c2ccc[nH]c2=O)c2cc(F)ccc2n1Cc1cc([N+](=O)[O-])ccc1F. The maximum Gasteiger partial charge on any atom is 0.282 e. The molecular weight excluding hydrogens is 510 g/mol. The summed E-state index contributed by atoms with van der Waals surface area (Å²) in [5.41, 5.74) is -1.49. The molecule has 37 heavy (non-hydrogen) atoms. The second kappa shape index (κ2) is 8.92. The second-order valence-electron chi connectivity index (χ2n) is 8.59. The van der Waals surface area contributed by atoms with E-state index in [1.54, 1.807) is 0 Å². The van der Waals surface area contributed by atoms with Crippen molar-refractivity contribution < 1.29 is 26.9 Å². The number of H-pyrrole nitrogens is 1. The number of benzene rings is 2. The highest BCUT2D eigenvalue weighted by atomic mass is 32.2. The Labute approximate surface area is 207 Å². The number of hydrogen-bond acceptors (Lipinski definition) is 6. The molecule has 0 aliphatic heterocycles. The van der Waals surface area contributed by atoms with Gasteiger partial charge in [-0.1, -0.05) is 0 Å². The van der Waals surface area contributed by atoms with E-state index in [1.165, 1.54) is 29.0 Å². The highest BCUT2D eigenvalue weighted by Gasteiger charge is 2.38. The first-order valence-electron chi connectivity index (χ1n) is 11.1. The topological polar surface area (TPSA) is 144 Å². The average Bonchev–Trinajstić information content (AvgIpc) is 3.65. The molecule has 1 aliphatic rings. The number of aromatic nitrogens is 2. The number of rotatable bonds is 7. The normalized spacial score (nSPS) is 13.6. The van der Waals surface area contributed by atoms with Gasteiger partial charge in [0.05, 0.1) is 16.7 Å². The molecule has 0 bridgehead atoms. The average molecular weight is 528 g/mol. The number of carbonyl (C=O) groups is 1. The van der Waals surface area contributed by atoms with Gasteiger partial charge in [0.25, 0.3) is 17.2 Å². The quantitative estimate of drug-likeness (QED) is 0.278. The number of nitrogens with one attached hydrogen (secondary N) is 2. The van der Waals surface area contributed by atoms with Gasteiger partial charge in [0.15, 0.2) is 0 Å². The Balaban J connectivity index is 1.80. The highest BCUT2D eigenvalue weighted by Crippen LogP contribution is 2.36. The summed E-state index contributed by atoms with van der Waals surface area (Å²) in [7, 11) is -4.04. The molecule has 0 spiro atoms. The van der Waals surface area contributed by atoms with Crippen LogP contribution in [0.5, 0.6) is 0 Å². The van der Waals surface area contributed by atoms with Crippen LogP contribution in [0.15, 0.2) is 59.5 Å². The number of pyridine rings is 1. The van der Waals surface area contributed by atoms with Crippen molar-refractivity contribution in [1.29, 1.82) is 0 Å². The van der Waals surface area contributed by atoms with E-state index in [4.69, 9.17) is 0 Å². The summed E-state index contributed by atoms with van der Waals surface area (Å²) in [6.07, 6.45) is 2.10. The Morgan fingerprint density at radius 3 is 2.59 bits per heavy atom. The zero-order valence-electron chi connectivity index (χ0n) is 18.9. The Morgan fingerprint density at radius 2 is 1.92 bits per heavy atom. The van der Waals surface area contributed by atoms with Crippen LogP contribution >= 0.6 is 0 Å². The fourth-order valence-corrected chi connectivity index (χ4v) is 5.50. The van der Waals surface area contributed by atoms with Crippen LogP contribution in [0.2, 0.25) is 0 Å². The van der Waals surface area contributed by atoms with Crippen molar-refractivity contribution in [3.63, 3.8) is 0 Å². The predicted octanol–water partition coefficient (Wildman–Crippen LogP) is 3.45. The van der Waals surface area contributed by atoms with Crippen LogP contribution in [0, 0.1) is 21.7 Å². The molecule has 1 amide bonds. The van der Waals surface area contributed by atoms with E-state index >= 15 is 0 Å². The second-order valence-corrected chi connectivity index (χ2v) is 10.6. The van der Waals surface area contributed by atoms with Crippen LogP contribution in [-0.2, 0) is 16.6 Å². The lowest BCUT2D eigenvalue weighted by Gasteiger charge is -2.13. The molecule has 1 fully saturated rings. The Hall–Kier alpha value is -4.39. The Morgan fingerprint density at radius 1 is 1.16 bits per heavy atom. The van der Waals surface area contributed by atoms with Gasteiger partial charge < -0.3 is 9.55 Å². The number of sulfonamides is 1. The molecule has 13 heteroatoms. The molecular formula is C24H18F2N4O6S. The summed E-state index contributed by atoms with van der Waals surface area (Å²) in [5, 5.41) is 10.6. The Bertz CT molecular complexity index is 1760. The molecule has 2 N–H and O–H groups in total. The number of amides is 1. The summed E-state index contributed by atoms with van der Waals surface area (Å²) >= 11 is 0.